The van der Waals surface area contributed by atoms with E-state index in [4.69, 9.17) is 0 Å². The van der Waals surface area contributed by atoms with Gasteiger partial charge < -0.3 is 5.32 Å². The van der Waals surface area contributed by atoms with Crippen LogP contribution in [0.4, 0.5) is 5.82 Å². The molecular weight excluding hydrogens is 354 g/mol. The number of carbonyl (C=O) groups is 1. The van der Waals surface area contributed by atoms with E-state index in [2.05, 4.69) is 26.3 Å². The van der Waals surface area contributed by atoms with Crippen molar-refractivity contribution in [3.8, 4) is 0 Å². The quantitative estimate of drug-likeness (QED) is 0.800. The van der Waals surface area contributed by atoms with Crippen molar-refractivity contribution in [2.24, 2.45) is 24.3 Å². The summed E-state index contributed by atoms with van der Waals surface area (Å²) in [5.74, 6) is 2.69. The monoisotopic (exact) mass is 377 g/mol. The van der Waals surface area contributed by atoms with Crippen LogP contribution in [0.1, 0.15) is 56.2 Å². The van der Waals surface area contributed by atoms with Crippen molar-refractivity contribution in [2.45, 2.75) is 62.1 Å². The van der Waals surface area contributed by atoms with Gasteiger partial charge in [-0.1, -0.05) is 15.9 Å². The molecule has 5 aliphatic carbocycles. The second kappa shape index (κ2) is 4.62. The van der Waals surface area contributed by atoms with Crippen molar-refractivity contribution >= 4 is 27.7 Å². The lowest BCUT2D eigenvalue weighted by Crippen LogP contribution is -2.57. The number of aryl methyl sites for hydroxylation is 2. The molecule has 0 saturated heterocycles. The van der Waals surface area contributed by atoms with Gasteiger partial charge in [-0.15, -0.1) is 0 Å². The Labute approximate surface area is 145 Å². The minimum absolute atomic E-state index is 0.149. The van der Waals surface area contributed by atoms with Gasteiger partial charge in [0.05, 0.1) is 11.1 Å². The summed E-state index contributed by atoms with van der Waals surface area (Å²) in [5.41, 5.74) is 2.31. The third kappa shape index (κ3) is 2.08. The van der Waals surface area contributed by atoms with Crippen molar-refractivity contribution in [2.75, 3.05) is 5.32 Å². The first kappa shape index (κ1) is 14.5. The molecule has 2 atom stereocenters. The number of carbonyl (C=O) groups excluding carboxylic acids is 1. The van der Waals surface area contributed by atoms with Gasteiger partial charge in [-0.05, 0) is 69.6 Å². The Hall–Kier alpha value is -0.840. The van der Waals surface area contributed by atoms with E-state index in [1.807, 2.05) is 11.7 Å². The van der Waals surface area contributed by atoms with Crippen LogP contribution >= 0.6 is 15.9 Å². The lowest BCUT2D eigenvalue weighted by Gasteiger charge is -2.59. The fourth-order valence-corrected chi connectivity index (χ4v) is 7.78. The molecule has 6 rings (SSSR count). The topological polar surface area (TPSA) is 46.9 Å². The van der Waals surface area contributed by atoms with Crippen molar-refractivity contribution in [3.63, 3.8) is 0 Å². The Morgan fingerprint density at radius 3 is 2.70 bits per heavy atom. The molecule has 4 nitrogen and oxygen atoms in total. The van der Waals surface area contributed by atoms with Crippen LogP contribution in [0.2, 0.25) is 0 Å². The number of anilines is 1. The molecule has 1 amide bonds. The van der Waals surface area contributed by atoms with Gasteiger partial charge in [0.15, 0.2) is 0 Å². The van der Waals surface area contributed by atoms with Crippen LogP contribution in [0.15, 0.2) is 0 Å². The standard InChI is InChI=1S/C18H24BrN3O/c1-22-15(13-3-2-4-14(13)21-22)20-16(23)17-6-11-5-12(7-17)9-18(19,8-11)10-17/h11-12H,2-10H2,1H3,(H,20,23)/t11-,12-,17?,18?/m1/s1. The molecule has 1 heterocycles. The van der Waals surface area contributed by atoms with Crippen LogP contribution in [0.25, 0.3) is 0 Å². The number of fused-ring (bicyclic) bond motifs is 1. The van der Waals surface area contributed by atoms with Crippen LogP contribution in [0.3, 0.4) is 0 Å². The zero-order valence-electron chi connectivity index (χ0n) is 13.7. The van der Waals surface area contributed by atoms with E-state index in [1.165, 1.54) is 36.9 Å². The molecule has 4 bridgehead atoms. The average Bonchev–Trinajstić information content (AvgIpc) is 2.99. The molecule has 5 aliphatic rings. The van der Waals surface area contributed by atoms with Gasteiger partial charge >= 0.3 is 0 Å². The average molecular weight is 378 g/mol. The van der Waals surface area contributed by atoms with Crippen LogP contribution in [-0.4, -0.2) is 20.0 Å². The zero-order valence-corrected chi connectivity index (χ0v) is 15.3. The minimum Gasteiger partial charge on any atom is -0.310 e. The smallest absolute Gasteiger partial charge is 0.231 e. The maximum atomic E-state index is 13.3. The summed E-state index contributed by atoms with van der Waals surface area (Å²) >= 11 is 4.01. The molecule has 0 unspecified atom stereocenters. The molecule has 1 N–H and O–H groups in total. The predicted octanol–water partition coefficient (Wildman–Crippen LogP) is 3.58. The second-order valence-corrected chi connectivity index (χ2v) is 10.3. The Bertz CT molecular complexity index is 681. The maximum absolute atomic E-state index is 13.3. The van der Waals surface area contributed by atoms with Gasteiger partial charge in [-0.25, -0.2) is 0 Å². The van der Waals surface area contributed by atoms with Crippen LogP contribution in [0.5, 0.6) is 0 Å². The fourth-order valence-electron chi connectivity index (χ4n) is 6.33. The third-order valence-corrected chi connectivity index (χ3v) is 7.70. The number of nitrogens with zero attached hydrogens (tertiary/aromatic N) is 2. The molecule has 0 aliphatic heterocycles. The highest BCUT2D eigenvalue weighted by molar-refractivity contribution is 9.10. The molecule has 0 radical (unpaired) electrons. The molecule has 124 valence electrons. The number of nitrogens with one attached hydrogen (secondary N) is 1. The van der Waals surface area contributed by atoms with Gasteiger partial charge in [0.25, 0.3) is 0 Å². The summed E-state index contributed by atoms with van der Waals surface area (Å²) in [6, 6.07) is 0. The maximum Gasteiger partial charge on any atom is 0.231 e. The number of alkyl halides is 1. The first-order valence-electron chi connectivity index (χ1n) is 9.02. The van der Waals surface area contributed by atoms with E-state index in [0.717, 1.165) is 49.8 Å². The summed E-state index contributed by atoms with van der Waals surface area (Å²) in [6.45, 7) is 0. The Balaban J connectivity index is 1.45. The van der Waals surface area contributed by atoms with Gasteiger partial charge in [0.2, 0.25) is 5.91 Å². The summed E-state index contributed by atoms with van der Waals surface area (Å²) in [7, 11) is 1.96. The second-order valence-electron chi connectivity index (χ2n) is 8.60. The van der Waals surface area contributed by atoms with Crippen LogP contribution in [-0.2, 0) is 24.7 Å². The summed E-state index contributed by atoms with van der Waals surface area (Å²) in [6.07, 6.45) is 10.3. The van der Waals surface area contributed by atoms with Gasteiger partial charge in [0, 0.05) is 16.9 Å². The zero-order chi connectivity index (χ0) is 15.8. The van der Waals surface area contributed by atoms with Gasteiger partial charge in [-0.2, -0.15) is 5.10 Å². The SMILES string of the molecule is Cn1nc2c(c1NC(=O)C13C[C@H]4C[C@@H](CC(Br)(C4)C1)C3)CCC2. The van der Waals surface area contributed by atoms with Crippen molar-refractivity contribution in [1.82, 2.24) is 9.78 Å². The molecule has 4 fully saturated rings. The molecule has 0 aromatic carbocycles. The molecule has 1 aromatic rings. The fraction of sp³-hybridized carbons (Fsp3) is 0.778. The Kier molecular flexibility index (Phi) is 2.91. The number of halogens is 1. The third-order valence-electron chi connectivity index (χ3n) is 6.77. The van der Waals surface area contributed by atoms with Crippen molar-refractivity contribution in [1.29, 1.82) is 0 Å². The number of amides is 1. The number of aromatic nitrogens is 2. The van der Waals surface area contributed by atoms with Crippen molar-refractivity contribution < 1.29 is 4.79 Å². The highest BCUT2D eigenvalue weighted by Crippen LogP contribution is 2.64. The first-order chi connectivity index (χ1) is 11.0. The van der Waals surface area contributed by atoms with E-state index in [-0.39, 0.29) is 15.6 Å². The van der Waals surface area contributed by atoms with Crippen LogP contribution < -0.4 is 5.32 Å². The lowest BCUT2D eigenvalue weighted by molar-refractivity contribution is -0.138. The molecule has 5 heteroatoms. The molecule has 1 aromatic heterocycles. The number of hydrogen-bond donors (Lipinski definition) is 1. The highest BCUT2D eigenvalue weighted by Gasteiger charge is 2.59. The van der Waals surface area contributed by atoms with Crippen molar-refractivity contribution in [3.05, 3.63) is 11.3 Å². The molecule has 0 spiro atoms. The van der Waals surface area contributed by atoms with E-state index >= 15 is 0 Å². The molecule has 4 saturated carbocycles. The van der Waals surface area contributed by atoms with Gasteiger partial charge in [-0.3, -0.25) is 9.48 Å². The van der Waals surface area contributed by atoms with Crippen LogP contribution in [0, 0.1) is 17.3 Å². The lowest BCUT2D eigenvalue weighted by atomic mass is 9.49. The summed E-state index contributed by atoms with van der Waals surface area (Å²) < 4.78 is 2.11. The van der Waals surface area contributed by atoms with E-state index < -0.39 is 0 Å². The normalized spacial score (nSPS) is 40.4. The predicted molar refractivity (Wildman–Crippen MR) is 92.6 cm³/mol. The Morgan fingerprint density at radius 1 is 1.26 bits per heavy atom. The largest absolute Gasteiger partial charge is 0.310 e. The number of rotatable bonds is 2. The Morgan fingerprint density at radius 2 is 2.00 bits per heavy atom. The van der Waals surface area contributed by atoms with E-state index in [1.54, 1.807) is 0 Å². The molecule has 23 heavy (non-hydrogen) atoms. The van der Waals surface area contributed by atoms with E-state index in [9.17, 15) is 4.79 Å². The highest BCUT2D eigenvalue weighted by atomic mass is 79.9. The van der Waals surface area contributed by atoms with E-state index in [0.29, 0.717) is 0 Å². The number of hydrogen-bond acceptors (Lipinski definition) is 2. The van der Waals surface area contributed by atoms with Gasteiger partial charge in [0.1, 0.15) is 5.82 Å². The first-order valence-corrected chi connectivity index (χ1v) is 9.81. The summed E-state index contributed by atoms with van der Waals surface area (Å²) in [5, 5.41) is 7.90. The molecular formula is C18H24BrN3O. The summed E-state index contributed by atoms with van der Waals surface area (Å²) in [4.78, 5) is 13.3. The minimum atomic E-state index is -0.149.